The van der Waals surface area contributed by atoms with Gasteiger partial charge in [0.1, 0.15) is 0 Å². The van der Waals surface area contributed by atoms with Gasteiger partial charge in [0.05, 0.1) is 19.8 Å². The molecule has 1 amide bonds. The third-order valence-electron chi connectivity index (χ3n) is 4.47. The maximum Gasteiger partial charge on any atom is 0.238 e. The van der Waals surface area contributed by atoms with Crippen LogP contribution in [0.25, 0.3) is 0 Å². The summed E-state index contributed by atoms with van der Waals surface area (Å²) in [5.41, 5.74) is 3.05. The van der Waals surface area contributed by atoms with E-state index in [-0.39, 0.29) is 18.5 Å². The summed E-state index contributed by atoms with van der Waals surface area (Å²) >= 11 is 5.90. The summed E-state index contributed by atoms with van der Waals surface area (Å²) in [6.07, 6.45) is 0. The van der Waals surface area contributed by atoms with Crippen molar-refractivity contribution in [2.75, 3.05) is 43.1 Å². The lowest BCUT2D eigenvalue weighted by atomic mass is 10.1. The molecule has 0 spiro atoms. The fourth-order valence-electron chi connectivity index (χ4n) is 2.90. The van der Waals surface area contributed by atoms with Crippen LogP contribution in [0.3, 0.4) is 0 Å². The van der Waals surface area contributed by atoms with Crippen molar-refractivity contribution in [1.29, 1.82) is 0 Å². The monoisotopic (exact) mass is 373 g/mol. The molecule has 3 rings (SSSR count). The zero-order valence-corrected chi connectivity index (χ0v) is 15.6. The fourth-order valence-corrected chi connectivity index (χ4v) is 3.02. The predicted octanol–water partition coefficient (Wildman–Crippen LogP) is 3.47. The topological polar surface area (TPSA) is 53.6 Å². The third-order valence-corrected chi connectivity index (χ3v) is 4.72. The Labute approximate surface area is 159 Å². The smallest absolute Gasteiger partial charge is 0.238 e. The van der Waals surface area contributed by atoms with E-state index >= 15 is 0 Å². The number of amides is 1. The second kappa shape index (κ2) is 9.03. The molecule has 1 heterocycles. The first kappa shape index (κ1) is 18.7. The average Bonchev–Trinajstić information content (AvgIpc) is 2.68. The van der Waals surface area contributed by atoms with Crippen LogP contribution >= 0.6 is 11.6 Å². The van der Waals surface area contributed by atoms with Crippen LogP contribution in [-0.2, 0) is 9.53 Å². The molecule has 1 aliphatic rings. The van der Waals surface area contributed by atoms with Crippen molar-refractivity contribution < 1.29 is 9.53 Å². The molecule has 1 saturated heterocycles. The van der Waals surface area contributed by atoms with Crippen molar-refractivity contribution in [2.45, 2.75) is 13.0 Å². The van der Waals surface area contributed by atoms with Crippen LogP contribution in [0, 0.1) is 0 Å². The van der Waals surface area contributed by atoms with E-state index in [1.807, 2.05) is 55.5 Å². The number of carbonyl (C=O) groups excluding carboxylic acids is 1. The van der Waals surface area contributed by atoms with E-state index < -0.39 is 0 Å². The molecule has 0 unspecified atom stereocenters. The minimum Gasteiger partial charge on any atom is -0.378 e. The van der Waals surface area contributed by atoms with Crippen molar-refractivity contribution in [3.05, 3.63) is 59.1 Å². The SMILES string of the molecule is C[C@@H](NCC(=O)Nc1ccc(N2CCOCC2)cc1)c1ccc(Cl)cc1. The Bertz CT molecular complexity index is 713. The second-order valence-electron chi connectivity index (χ2n) is 6.35. The highest BCUT2D eigenvalue weighted by atomic mass is 35.5. The Morgan fingerprint density at radius 3 is 2.42 bits per heavy atom. The number of rotatable bonds is 6. The summed E-state index contributed by atoms with van der Waals surface area (Å²) in [7, 11) is 0. The van der Waals surface area contributed by atoms with Crippen molar-refractivity contribution in [3.63, 3.8) is 0 Å². The van der Waals surface area contributed by atoms with Gasteiger partial charge in [-0.15, -0.1) is 0 Å². The van der Waals surface area contributed by atoms with Crippen molar-refractivity contribution in [3.8, 4) is 0 Å². The lowest BCUT2D eigenvalue weighted by Crippen LogP contribution is -2.36. The van der Waals surface area contributed by atoms with Gasteiger partial charge in [-0.2, -0.15) is 0 Å². The van der Waals surface area contributed by atoms with Crippen molar-refractivity contribution >= 4 is 28.9 Å². The number of hydrogen-bond donors (Lipinski definition) is 2. The highest BCUT2D eigenvalue weighted by molar-refractivity contribution is 6.30. The molecular formula is C20H24ClN3O2. The van der Waals surface area contributed by atoms with Crippen LogP contribution in [0.15, 0.2) is 48.5 Å². The van der Waals surface area contributed by atoms with Crippen LogP contribution in [0.4, 0.5) is 11.4 Å². The van der Waals surface area contributed by atoms with E-state index in [1.165, 1.54) is 0 Å². The van der Waals surface area contributed by atoms with Gasteiger partial charge in [0.15, 0.2) is 0 Å². The second-order valence-corrected chi connectivity index (χ2v) is 6.79. The van der Waals surface area contributed by atoms with E-state index in [4.69, 9.17) is 16.3 Å². The van der Waals surface area contributed by atoms with Gasteiger partial charge in [-0.3, -0.25) is 4.79 Å². The number of hydrogen-bond acceptors (Lipinski definition) is 4. The summed E-state index contributed by atoms with van der Waals surface area (Å²) in [5, 5.41) is 6.85. The Kier molecular flexibility index (Phi) is 6.50. The molecule has 0 bridgehead atoms. The zero-order valence-electron chi connectivity index (χ0n) is 14.9. The zero-order chi connectivity index (χ0) is 18.4. The van der Waals surface area contributed by atoms with Crippen LogP contribution in [0.2, 0.25) is 5.02 Å². The lowest BCUT2D eigenvalue weighted by Gasteiger charge is -2.28. The molecular weight excluding hydrogens is 350 g/mol. The van der Waals surface area contributed by atoms with Gasteiger partial charge in [0.25, 0.3) is 0 Å². The minimum absolute atomic E-state index is 0.0649. The Morgan fingerprint density at radius 2 is 1.77 bits per heavy atom. The molecule has 2 N–H and O–H groups in total. The predicted molar refractivity (Wildman–Crippen MR) is 106 cm³/mol. The fraction of sp³-hybridized carbons (Fsp3) is 0.350. The summed E-state index contributed by atoms with van der Waals surface area (Å²) in [6.45, 7) is 5.59. The van der Waals surface area contributed by atoms with Crippen molar-refractivity contribution in [2.24, 2.45) is 0 Å². The van der Waals surface area contributed by atoms with Crippen LogP contribution in [0.5, 0.6) is 0 Å². The molecule has 0 aliphatic carbocycles. The number of nitrogens with zero attached hydrogens (tertiary/aromatic N) is 1. The normalized spacial score (nSPS) is 15.5. The molecule has 1 fully saturated rings. The first-order chi connectivity index (χ1) is 12.6. The molecule has 138 valence electrons. The van der Waals surface area contributed by atoms with E-state index in [1.54, 1.807) is 0 Å². The summed E-state index contributed by atoms with van der Waals surface area (Å²) in [5.74, 6) is -0.0649. The van der Waals surface area contributed by atoms with Gasteiger partial charge >= 0.3 is 0 Å². The first-order valence-corrected chi connectivity index (χ1v) is 9.21. The number of morpholine rings is 1. The molecule has 0 aromatic heterocycles. The number of ether oxygens (including phenoxy) is 1. The van der Waals surface area contributed by atoms with Gasteiger partial charge < -0.3 is 20.3 Å². The number of halogens is 1. The van der Waals surface area contributed by atoms with Crippen LogP contribution in [-0.4, -0.2) is 38.8 Å². The van der Waals surface area contributed by atoms with E-state index in [0.717, 1.165) is 43.2 Å². The van der Waals surface area contributed by atoms with Gasteiger partial charge in [-0.05, 0) is 48.9 Å². The molecule has 1 aliphatic heterocycles. The summed E-state index contributed by atoms with van der Waals surface area (Å²) in [4.78, 5) is 14.4. The molecule has 0 saturated carbocycles. The Hall–Kier alpha value is -2.08. The van der Waals surface area contributed by atoms with Crippen LogP contribution < -0.4 is 15.5 Å². The summed E-state index contributed by atoms with van der Waals surface area (Å²) < 4.78 is 5.37. The van der Waals surface area contributed by atoms with E-state index in [2.05, 4.69) is 15.5 Å². The molecule has 6 heteroatoms. The quantitative estimate of drug-likeness (QED) is 0.814. The minimum atomic E-state index is -0.0649. The van der Waals surface area contributed by atoms with Crippen molar-refractivity contribution in [1.82, 2.24) is 5.32 Å². The van der Waals surface area contributed by atoms with Gasteiger partial charge in [-0.25, -0.2) is 0 Å². The first-order valence-electron chi connectivity index (χ1n) is 8.83. The van der Waals surface area contributed by atoms with Gasteiger partial charge in [0, 0.05) is 35.5 Å². The van der Waals surface area contributed by atoms with Gasteiger partial charge in [-0.1, -0.05) is 23.7 Å². The third kappa shape index (κ3) is 5.21. The molecule has 1 atom stereocenters. The lowest BCUT2D eigenvalue weighted by molar-refractivity contribution is -0.115. The number of carbonyl (C=O) groups is 1. The molecule has 2 aromatic rings. The largest absolute Gasteiger partial charge is 0.378 e. The number of nitrogens with one attached hydrogen (secondary N) is 2. The maximum absolute atomic E-state index is 12.2. The maximum atomic E-state index is 12.2. The number of benzene rings is 2. The summed E-state index contributed by atoms with van der Waals surface area (Å²) in [6, 6.07) is 15.6. The van der Waals surface area contributed by atoms with Crippen LogP contribution in [0.1, 0.15) is 18.5 Å². The molecule has 2 aromatic carbocycles. The standard InChI is InChI=1S/C20H24ClN3O2/c1-15(16-2-4-17(21)5-3-16)22-14-20(25)23-18-6-8-19(9-7-18)24-10-12-26-13-11-24/h2-9,15,22H,10-14H2,1H3,(H,23,25)/t15-/m1/s1. The highest BCUT2D eigenvalue weighted by Gasteiger charge is 2.12. The van der Waals surface area contributed by atoms with E-state index in [0.29, 0.717) is 5.02 Å². The number of anilines is 2. The van der Waals surface area contributed by atoms with E-state index in [9.17, 15) is 4.79 Å². The highest BCUT2D eigenvalue weighted by Crippen LogP contribution is 2.19. The molecule has 26 heavy (non-hydrogen) atoms. The average molecular weight is 374 g/mol. The Morgan fingerprint density at radius 1 is 1.12 bits per heavy atom. The Balaban J connectivity index is 1.47. The van der Waals surface area contributed by atoms with Gasteiger partial charge in [0.2, 0.25) is 5.91 Å². The molecule has 5 nitrogen and oxygen atoms in total. The molecule has 0 radical (unpaired) electrons.